The zero-order chi connectivity index (χ0) is 13.8. The second-order valence-corrected chi connectivity index (χ2v) is 5.17. The molecule has 0 aromatic carbocycles. The summed E-state index contributed by atoms with van der Waals surface area (Å²) in [6.07, 6.45) is 3.43. The molecule has 0 atom stereocenters. The van der Waals surface area contributed by atoms with Gasteiger partial charge in [0.1, 0.15) is 11.6 Å². The molecular weight excluding hydrogens is 286 g/mol. The summed E-state index contributed by atoms with van der Waals surface area (Å²) in [5, 5.41) is 6.01. The van der Waals surface area contributed by atoms with Crippen molar-refractivity contribution in [1.29, 1.82) is 0 Å². The Morgan fingerprint density at radius 1 is 1.63 bits per heavy atom. The van der Waals surface area contributed by atoms with Gasteiger partial charge in [-0.15, -0.1) is 22.9 Å². The number of rotatable bonds is 5. The lowest BCUT2D eigenvalue weighted by Crippen LogP contribution is -2.30. The van der Waals surface area contributed by atoms with Gasteiger partial charge in [-0.05, 0) is 11.4 Å². The smallest absolute Gasteiger partial charge is 0.242 e. The maximum absolute atomic E-state index is 12.0. The monoisotopic (exact) mass is 299 g/mol. The van der Waals surface area contributed by atoms with Crippen molar-refractivity contribution in [3.05, 3.63) is 28.7 Å². The van der Waals surface area contributed by atoms with Crippen LogP contribution in [0.1, 0.15) is 4.88 Å². The van der Waals surface area contributed by atoms with Crippen LogP contribution >= 0.6 is 22.9 Å². The standard InChI is InChI=1S/C12H14ClN3O2S/c1-15-7-9(6-14-15)16(12(17)5-13)8-11-10(18-2)3-4-19-11/h3-4,6-7H,5,8H2,1-2H3. The summed E-state index contributed by atoms with van der Waals surface area (Å²) in [5.41, 5.74) is 0.726. The van der Waals surface area contributed by atoms with E-state index in [4.69, 9.17) is 16.3 Å². The topological polar surface area (TPSA) is 47.4 Å². The van der Waals surface area contributed by atoms with Gasteiger partial charge in [0, 0.05) is 13.2 Å². The molecule has 0 N–H and O–H groups in total. The minimum absolute atomic E-state index is 0.0669. The van der Waals surface area contributed by atoms with Crippen molar-refractivity contribution in [2.75, 3.05) is 17.9 Å². The Bertz CT molecular complexity index is 567. The van der Waals surface area contributed by atoms with E-state index in [1.165, 1.54) is 0 Å². The number of anilines is 1. The van der Waals surface area contributed by atoms with Gasteiger partial charge in [0.2, 0.25) is 5.91 Å². The fourth-order valence-corrected chi connectivity index (χ4v) is 2.68. The van der Waals surface area contributed by atoms with Crippen molar-refractivity contribution >= 4 is 34.5 Å². The fraction of sp³-hybridized carbons (Fsp3) is 0.333. The number of thiophene rings is 1. The lowest BCUT2D eigenvalue weighted by atomic mass is 10.3. The van der Waals surface area contributed by atoms with Crippen molar-refractivity contribution in [2.45, 2.75) is 6.54 Å². The number of aryl methyl sites for hydroxylation is 1. The van der Waals surface area contributed by atoms with Crippen LogP contribution in [0.4, 0.5) is 5.69 Å². The first-order chi connectivity index (χ1) is 9.15. The van der Waals surface area contributed by atoms with Gasteiger partial charge in [0.25, 0.3) is 0 Å². The van der Waals surface area contributed by atoms with Crippen LogP contribution in [0.5, 0.6) is 5.75 Å². The van der Waals surface area contributed by atoms with E-state index in [0.717, 1.165) is 16.3 Å². The van der Waals surface area contributed by atoms with Crippen molar-refractivity contribution in [2.24, 2.45) is 7.05 Å². The second kappa shape index (κ2) is 6.08. The fourth-order valence-electron chi connectivity index (χ4n) is 1.71. The molecule has 1 amide bonds. The molecule has 19 heavy (non-hydrogen) atoms. The molecule has 0 aliphatic carbocycles. The number of hydrogen-bond donors (Lipinski definition) is 0. The Kier molecular flexibility index (Phi) is 4.44. The summed E-state index contributed by atoms with van der Waals surface area (Å²) in [6.45, 7) is 0.429. The molecule has 5 nitrogen and oxygen atoms in total. The number of carbonyl (C=O) groups is 1. The van der Waals surface area contributed by atoms with E-state index in [1.807, 2.05) is 11.4 Å². The molecule has 0 bridgehead atoms. The molecule has 102 valence electrons. The molecule has 0 unspecified atom stereocenters. The highest BCUT2D eigenvalue weighted by atomic mass is 35.5. The van der Waals surface area contributed by atoms with E-state index >= 15 is 0 Å². The van der Waals surface area contributed by atoms with E-state index in [0.29, 0.717) is 6.54 Å². The van der Waals surface area contributed by atoms with Crippen LogP contribution in [-0.2, 0) is 18.4 Å². The Balaban J connectivity index is 2.26. The average Bonchev–Trinajstić information content (AvgIpc) is 3.03. The van der Waals surface area contributed by atoms with Crippen molar-refractivity contribution < 1.29 is 9.53 Å². The highest BCUT2D eigenvalue weighted by Gasteiger charge is 2.19. The largest absolute Gasteiger partial charge is 0.496 e. The average molecular weight is 300 g/mol. The summed E-state index contributed by atoms with van der Waals surface area (Å²) in [6, 6.07) is 1.88. The normalized spacial score (nSPS) is 10.5. The van der Waals surface area contributed by atoms with Crippen LogP contribution < -0.4 is 9.64 Å². The van der Waals surface area contributed by atoms with Crippen molar-refractivity contribution in [3.8, 4) is 5.75 Å². The molecular formula is C12H14ClN3O2S. The molecule has 7 heteroatoms. The third-order valence-electron chi connectivity index (χ3n) is 2.64. The van der Waals surface area contributed by atoms with Crippen LogP contribution in [0.2, 0.25) is 0 Å². The maximum atomic E-state index is 12.0. The summed E-state index contributed by atoms with van der Waals surface area (Å²) < 4.78 is 6.91. The minimum Gasteiger partial charge on any atom is -0.496 e. The first-order valence-electron chi connectivity index (χ1n) is 5.61. The summed E-state index contributed by atoms with van der Waals surface area (Å²) >= 11 is 7.21. The van der Waals surface area contributed by atoms with Gasteiger partial charge in [0.15, 0.2) is 0 Å². The highest BCUT2D eigenvalue weighted by Crippen LogP contribution is 2.28. The predicted molar refractivity (Wildman–Crippen MR) is 76.0 cm³/mol. The van der Waals surface area contributed by atoms with Gasteiger partial charge in [0.05, 0.1) is 30.4 Å². The molecule has 0 saturated carbocycles. The molecule has 0 aliphatic rings. The number of methoxy groups -OCH3 is 1. The van der Waals surface area contributed by atoms with Crippen LogP contribution in [0.15, 0.2) is 23.8 Å². The lowest BCUT2D eigenvalue weighted by molar-refractivity contribution is -0.116. The van der Waals surface area contributed by atoms with Gasteiger partial charge < -0.3 is 9.64 Å². The van der Waals surface area contributed by atoms with Gasteiger partial charge in [-0.2, -0.15) is 5.10 Å². The van der Waals surface area contributed by atoms with E-state index < -0.39 is 0 Å². The van der Waals surface area contributed by atoms with Crippen LogP contribution in [0, 0.1) is 0 Å². The highest BCUT2D eigenvalue weighted by molar-refractivity contribution is 7.10. The second-order valence-electron chi connectivity index (χ2n) is 3.90. The van der Waals surface area contributed by atoms with Gasteiger partial charge >= 0.3 is 0 Å². The number of halogens is 1. The molecule has 2 aromatic rings. The summed E-state index contributed by atoms with van der Waals surface area (Å²) in [7, 11) is 3.42. The van der Waals surface area contributed by atoms with E-state index in [9.17, 15) is 4.79 Å². The molecule has 2 rings (SSSR count). The van der Waals surface area contributed by atoms with Crippen LogP contribution in [0.3, 0.4) is 0 Å². The summed E-state index contributed by atoms with van der Waals surface area (Å²) in [4.78, 5) is 14.6. The third-order valence-corrected chi connectivity index (χ3v) is 3.76. The lowest BCUT2D eigenvalue weighted by Gasteiger charge is -2.19. The first kappa shape index (κ1) is 13.9. The number of carbonyl (C=O) groups excluding carboxylic acids is 1. The molecule has 0 saturated heterocycles. The van der Waals surface area contributed by atoms with Gasteiger partial charge in [-0.3, -0.25) is 9.48 Å². The summed E-state index contributed by atoms with van der Waals surface area (Å²) in [5.74, 6) is 0.550. The Morgan fingerprint density at radius 3 is 3.00 bits per heavy atom. The first-order valence-corrected chi connectivity index (χ1v) is 7.02. The number of aromatic nitrogens is 2. The molecule has 0 fully saturated rings. The van der Waals surface area contributed by atoms with E-state index in [2.05, 4.69) is 5.10 Å². The van der Waals surface area contributed by atoms with Crippen LogP contribution in [-0.4, -0.2) is 28.7 Å². The quantitative estimate of drug-likeness (QED) is 0.796. The molecule has 2 heterocycles. The zero-order valence-electron chi connectivity index (χ0n) is 10.7. The third kappa shape index (κ3) is 3.08. The zero-order valence-corrected chi connectivity index (χ0v) is 12.2. The Labute approximate surface area is 120 Å². The Hall–Kier alpha value is -1.53. The molecule has 0 spiro atoms. The number of hydrogen-bond acceptors (Lipinski definition) is 4. The number of nitrogens with zero attached hydrogens (tertiary/aromatic N) is 3. The van der Waals surface area contributed by atoms with Crippen molar-refractivity contribution in [1.82, 2.24) is 9.78 Å². The van der Waals surface area contributed by atoms with Gasteiger partial charge in [-0.1, -0.05) is 0 Å². The number of ether oxygens (including phenoxy) is 1. The number of amides is 1. The predicted octanol–water partition coefficient (Wildman–Crippen LogP) is 2.26. The van der Waals surface area contributed by atoms with E-state index in [-0.39, 0.29) is 11.8 Å². The molecule has 2 aromatic heterocycles. The van der Waals surface area contributed by atoms with Crippen molar-refractivity contribution in [3.63, 3.8) is 0 Å². The maximum Gasteiger partial charge on any atom is 0.242 e. The Morgan fingerprint density at radius 2 is 2.42 bits per heavy atom. The molecule has 0 radical (unpaired) electrons. The number of alkyl halides is 1. The van der Waals surface area contributed by atoms with Crippen LogP contribution in [0.25, 0.3) is 0 Å². The SMILES string of the molecule is COc1ccsc1CN(C(=O)CCl)c1cnn(C)c1. The molecule has 0 aliphatic heterocycles. The van der Waals surface area contributed by atoms with Gasteiger partial charge in [-0.25, -0.2) is 0 Å². The minimum atomic E-state index is -0.162. The van der Waals surface area contributed by atoms with E-state index in [1.54, 1.807) is 47.5 Å².